The Kier molecular flexibility index (Phi) is 29.3. The van der Waals surface area contributed by atoms with Gasteiger partial charge < -0.3 is 200 Å². The zero-order valence-corrected chi connectivity index (χ0v) is 54.2. The van der Waals surface area contributed by atoms with E-state index in [1.54, 1.807) is 0 Å². The highest BCUT2D eigenvalue weighted by Gasteiger charge is 2.59. The third kappa shape index (κ3) is 18.3. The van der Waals surface area contributed by atoms with Gasteiger partial charge in [0.05, 0.1) is 52.4 Å². The van der Waals surface area contributed by atoms with Crippen molar-refractivity contribution in [1.29, 1.82) is 0 Å². The molecule has 8 fully saturated rings. The van der Waals surface area contributed by atoms with E-state index >= 15 is 0 Å². The van der Waals surface area contributed by atoms with Crippen molar-refractivity contribution < 1.29 is 197 Å². The van der Waals surface area contributed by atoms with Crippen LogP contribution < -0.4 is 21.3 Å². The fourth-order valence-electron chi connectivity index (χ4n) is 12.9. The highest BCUT2D eigenvalue weighted by molar-refractivity contribution is 5.74. The first kappa shape index (κ1) is 82.1. The van der Waals surface area contributed by atoms with Crippen molar-refractivity contribution in [2.24, 2.45) is 0 Å². The van der Waals surface area contributed by atoms with Crippen LogP contribution in [0.15, 0.2) is 0 Å². The molecule has 0 radical (unpaired) electrons. The van der Waals surface area contributed by atoms with Gasteiger partial charge in [-0.15, -0.1) is 0 Å². The van der Waals surface area contributed by atoms with Crippen molar-refractivity contribution >= 4 is 23.6 Å². The lowest BCUT2D eigenvalue weighted by Gasteiger charge is -2.50. The van der Waals surface area contributed by atoms with Gasteiger partial charge in [0.2, 0.25) is 23.6 Å². The highest BCUT2D eigenvalue weighted by atomic mass is 16.8. The SMILES string of the molecule is CC(=O)N[C@@H]1[C@@H](O)[C@H](O[C@@H]2O[C@H](CO)[C@@H](O[C@@H]3O[C@H](CO[C@H]4O[C@H](CO)[C@@H](O[C@@H]5O[C@H](CO)[C@@H](O)[C@H](O)[C@H]5NC(C)=O)[C@H](O)[C@@H]4O)[C@@H](O)[C@H](O[C@H]4O[C@H](CO)[C@@H](O[C@@H]5O[C@H](CO)[C@@H](O)[C@H](O)[C@H]5NC(C)=O)[C@H](O)[C@@H]4O)[C@@H]3O)[C@H](O)[C@H]2NC(C)=O)[C@@H](CO[C@@H]2O[C@@H](C)[C@@H](O)[C@@H](O)[C@@H]2O)O[C@H]1O. The average molecular weight is 1460 g/mol. The Hall–Kier alpha value is -3.56. The first-order valence-corrected chi connectivity index (χ1v) is 32.0. The summed E-state index contributed by atoms with van der Waals surface area (Å²) in [6.45, 7) is -1.64. The molecular formula is C56H94N4O40. The molecule has 0 aromatic carbocycles. The van der Waals surface area contributed by atoms with Gasteiger partial charge >= 0.3 is 0 Å². The van der Waals surface area contributed by atoms with Crippen LogP contribution in [0, 0.1) is 0 Å². The van der Waals surface area contributed by atoms with Crippen molar-refractivity contribution in [3.63, 3.8) is 0 Å². The summed E-state index contributed by atoms with van der Waals surface area (Å²) in [6.07, 6.45) is -70.0. The predicted octanol–water partition coefficient (Wildman–Crippen LogP) is -16.8. The normalized spacial score (nSPS) is 48.7. The maximum atomic E-state index is 13.0. The molecule has 578 valence electrons. The Labute approximate surface area is 567 Å². The molecule has 0 aliphatic carbocycles. The smallest absolute Gasteiger partial charge is 0.217 e. The number of aliphatic hydroxyl groups excluding tert-OH is 21. The van der Waals surface area contributed by atoms with E-state index in [1.807, 2.05) is 0 Å². The molecule has 8 aliphatic heterocycles. The monoisotopic (exact) mass is 1460 g/mol. The molecule has 0 spiro atoms. The molecule has 0 unspecified atom stereocenters. The van der Waals surface area contributed by atoms with E-state index in [0.29, 0.717) is 0 Å². The largest absolute Gasteiger partial charge is 0.394 e. The maximum Gasteiger partial charge on any atom is 0.217 e. The Morgan fingerprint density at radius 1 is 0.280 bits per heavy atom. The number of carbonyl (C=O) groups excluding carboxylic acids is 4. The van der Waals surface area contributed by atoms with Gasteiger partial charge in [0, 0.05) is 27.7 Å². The molecule has 100 heavy (non-hydrogen) atoms. The fraction of sp³-hybridized carbons (Fsp3) is 0.929. The second-order valence-corrected chi connectivity index (χ2v) is 25.4. The maximum absolute atomic E-state index is 13.0. The van der Waals surface area contributed by atoms with Crippen molar-refractivity contribution in [2.45, 2.75) is 280 Å². The van der Waals surface area contributed by atoms with Gasteiger partial charge in [-0.05, 0) is 6.92 Å². The summed E-state index contributed by atoms with van der Waals surface area (Å²) in [4.78, 5) is 49.7. The summed E-state index contributed by atoms with van der Waals surface area (Å²) in [6, 6.07) is -6.83. The van der Waals surface area contributed by atoms with Crippen LogP contribution in [0.4, 0.5) is 0 Å². The minimum atomic E-state index is -2.44. The van der Waals surface area contributed by atoms with Crippen LogP contribution in [0.25, 0.3) is 0 Å². The van der Waals surface area contributed by atoms with Crippen LogP contribution in [0.1, 0.15) is 34.6 Å². The van der Waals surface area contributed by atoms with Crippen LogP contribution in [0.3, 0.4) is 0 Å². The van der Waals surface area contributed by atoms with Gasteiger partial charge in [0.15, 0.2) is 50.3 Å². The summed E-state index contributed by atoms with van der Waals surface area (Å²) < 4.78 is 87.6. The van der Waals surface area contributed by atoms with Crippen molar-refractivity contribution in [3.8, 4) is 0 Å². The molecule has 0 aromatic heterocycles. The van der Waals surface area contributed by atoms with Crippen LogP contribution in [0.5, 0.6) is 0 Å². The summed E-state index contributed by atoms with van der Waals surface area (Å²) in [5.41, 5.74) is 0. The van der Waals surface area contributed by atoms with E-state index in [0.717, 1.165) is 27.7 Å². The molecule has 40 atom stereocenters. The molecule has 8 heterocycles. The molecule has 25 N–H and O–H groups in total. The number of amides is 4. The quantitative estimate of drug-likeness (QED) is 0.0404. The second kappa shape index (κ2) is 35.7. The molecule has 0 bridgehead atoms. The molecule has 8 saturated heterocycles. The molecule has 0 saturated carbocycles. The van der Waals surface area contributed by atoms with Crippen LogP contribution >= 0.6 is 0 Å². The minimum Gasteiger partial charge on any atom is -0.394 e. The van der Waals surface area contributed by atoms with E-state index in [2.05, 4.69) is 21.3 Å². The number of hydrogen-bond acceptors (Lipinski definition) is 40. The molecular weight excluding hydrogens is 1370 g/mol. The van der Waals surface area contributed by atoms with Crippen LogP contribution in [0.2, 0.25) is 0 Å². The predicted molar refractivity (Wildman–Crippen MR) is 309 cm³/mol. The standard InChI is InChI=1S/C56H94N4O40/c1-13-29(70)37(78)40(81)53(88-13)87-12-24-47(35(76)25(49(85)89-24)57-14(2)66)98-52-28(60-17(5)69)36(77)44(20(8-63)92-52)99-56-43(84)48(100-55-42(83)39(80)46(22(10-65)94-55)97-51-27(59-16(4)68)34(75)31(72)19(7-62)91-51)32(73)23(95-56)11-86-54-41(82)38(79)45(21(9-64)93-54)96-50-26(58-15(3)67)33(74)30(71)18(6-61)90-50/h13,18-56,61-65,70-85H,6-12H2,1-5H3,(H,57,66)(H,58,67)(H,59,68)(H,60,69)/t13-,18+,19+,20+,21+,22+,23+,24+,25+,26+,27+,28+,29+,30+,31+,32+,33+,34+,35+,36+,37+,38+,39+,40-,41-,42-,43-,44+,45+,46+,47+,48-,49+,50-,51-,52-,53+,54-,55+,56-/m0/s1. The molecule has 44 nitrogen and oxygen atoms in total. The van der Waals surface area contributed by atoms with E-state index < -0.39 is 315 Å². The van der Waals surface area contributed by atoms with Gasteiger partial charge in [0.25, 0.3) is 0 Å². The van der Waals surface area contributed by atoms with Gasteiger partial charge in [-0.25, -0.2) is 0 Å². The van der Waals surface area contributed by atoms with Crippen LogP contribution in [-0.4, -0.2) is 423 Å². The van der Waals surface area contributed by atoms with E-state index in [9.17, 15) is 126 Å². The van der Waals surface area contributed by atoms with E-state index in [-0.39, 0.29) is 0 Å². The number of carbonyl (C=O) groups is 4. The van der Waals surface area contributed by atoms with Gasteiger partial charge in [-0.3, -0.25) is 19.2 Å². The number of ether oxygens (including phenoxy) is 15. The summed E-state index contributed by atoms with van der Waals surface area (Å²) in [5.74, 6) is -3.28. The lowest BCUT2D eigenvalue weighted by molar-refractivity contribution is -0.390. The Morgan fingerprint density at radius 2 is 0.590 bits per heavy atom. The third-order valence-electron chi connectivity index (χ3n) is 18.2. The first-order chi connectivity index (χ1) is 47.2. The van der Waals surface area contributed by atoms with Gasteiger partial charge in [0.1, 0.15) is 189 Å². The molecule has 0 aromatic rings. The fourth-order valence-corrected chi connectivity index (χ4v) is 12.9. The first-order valence-electron chi connectivity index (χ1n) is 32.0. The van der Waals surface area contributed by atoms with E-state index in [1.165, 1.54) is 6.92 Å². The van der Waals surface area contributed by atoms with Gasteiger partial charge in [-0.2, -0.15) is 0 Å². The van der Waals surface area contributed by atoms with Crippen LogP contribution in [-0.2, 0) is 90.2 Å². The molecule has 8 aliphatic rings. The Balaban J connectivity index is 1.07. The zero-order chi connectivity index (χ0) is 73.8. The van der Waals surface area contributed by atoms with Crippen molar-refractivity contribution in [2.75, 3.05) is 46.2 Å². The third-order valence-corrected chi connectivity index (χ3v) is 18.2. The lowest BCUT2D eigenvalue weighted by Crippen LogP contribution is -2.70. The second-order valence-electron chi connectivity index (χ2n) is 25.4. The number of aliphatic hydroxyl groups is 21. The average Bonchev–Trinajstić information content (AvgIpc) is 0.773. The lowest BCUT2D eigenvalue weighted by atomic mass is 9.93. The minimum absolute atomic E-state index is 0.768. The van der Waals surface area contributed by atoms with Gasteiger partial charge in [-0.1, -0.05) is 0 Å². The number of rotatable bonds is 25. The summed E-state index contributed by atoms with van der Waals surface area (Å²) >= 11 is 0. The summed E-state index contributed by atoms with van der Waals surface area (Å²) in [7, 11) is 0. The molecule has 44 heteroatoms. The van der Waals surface area contributed by atoms with E-state index in [4.69, 9.17) is 71.1 Å². The van der Waals surface area contributed by atoms with Crippen molar-refractivity contribution in [1.82, 2.24) is 21.3 Å². The Morgan fingerprint density at radius 3 is 1.04 bits per heavy atom. The highest BCUT2D eigenvalue weighted by Crippen LogP contribution is 2.38. The van der Waals surface area contributed by atoms with Crippen molar-refractivity contribution in [3.05, 3.63) is 0 Å². The zero-order valence-electron chi connectivity index (χ0n) is 54.2. The Bertz CT molecular complexity index is 2620. The summed E-state index contributed by atoms with van der Waals surface area (Å²) in [5, 5.41) is 241. The number of hydrogen-bond donors (Lipinski definition) is 25. The topological polar surface area (TPSA) is 680 Å². The number of nitrogens with one attached hydrogen (secondary N) is 4. The molecule has 4 amide bonds. The molecule has 8 rings (SSSR count).